The van der Waals surface area contributed by atoms with Crippen LogP contribution in [0.2, 0.25) is 0 Å². The third-order valence-corrected chi connectivity index (χ3v) is 4.77. The molecule has 0 aliphatic carbocycles. The maximum absolute atomic E-state index is 13.6. The van der Waals surface area contributed by atoms with Crippen LogP contribution >= 0.6 is 0 Å². The van der Waals surface area contributed by atoms with E-state index in [2.05, 4.69) is 0 Å². The zero-order valence-electron chi connectivity index (χ0n) is 15.1. The predicted octanol–water partition coefficient (Wildman–Crippen LogP) is 3.81. The molecule has 1 saturated heterocycles. The van der Waals surface area contributed by atoms with Gasteiger partial charge in [-0.25, -0.2) is 8.78 Å². The molecule has 0 spiro atoms. The quantitative estimate of drug-likeness (QED) is 0.700. The Morgan fingerprint density at radius 3 is 2.56 bits per heavy atom. The highest BCUT2D eigenvalue weighted by molar-refractivity contribution is 5.97. The molecule has 2 atom stereocenters. The molecule has 1 aliphatic rings. The van der Waals surface area contributed by atoms with Gasteiger partial charge in [0, 0.05) is 31.8 Å². The third kappa shape index (κ3) is 3.35. The summed E-state index contributed by atoms with van der Waals surface area (Å²) in [4.78, 5) is 14.9. The highest BCUT2D eigenvalue weighted by atomic mass is 19.2. The first kappa shape index (κ1) is 17.7. The van der Waals surface area contributed by atoms with Gasteiger partial charge in [-0.3, -0.25) is 4.79 Å². The molecule has 1 aliphatic heterocycles. The second-order valence-corrected chi connectivity index (χ2v) is 7.00. The molecule has 2 aromatic heterocycles. The number of halogens is 2. The van der Waals surface area contributed by atoms with Gasteiger partial charge in [-0.15, -0.1) is 0 Å². The normalized spacial score (nSPS) is 20.4. The smallest absolute Gasteiger partial charge is 0.270 e. The van der Waals surface area contributed by atoms with E-state index < -0.39 is 11.6 Å². The zero-order chi connectivity index (χ0) is 19.1. The Labute approximate surface area is 155 Å². The van der Waals surface area contributed by atoms with Crippen molar-refractivity contribution in [1.82, 2.24) is 9.47 Å². The van der Waals surface area contributed by atoms with Gasteiger partial charge in [0.2, 0.25) is 0 Å². The van der Waals surface area contributed by atoms with E-state index in [9.17, 15) is 13.6 Å². The van der Waals surface area contributed by atoms with Gasteiger partial charge in [0.1, 0.15) is 5.69 Å². The monoisotopic (exact) mass is 374 g/mol. The Balaban J connectivity index is 1.70. The maximum Gasteiger partial charge on any atom is 0.270 e. The molecule has 1 amide bonds. The van der Waals surface area contributed by atoms with E-state index in [4.69, 9.17) is 9.15 Å². The summed E-state index contributed by atoms with van der Waals surface area (Å²) in [6, 6.07) is 7.21. The number of carbonyl (C=O) groups excluding carboxylic acids is 1. The number of benzene rings is 1. The fourth-order valence-electron chi connectivity index (χ4n) is 3.65. The van der Waals surface area contributed by atoms with Gasteiger partial charge >= 0.3 is 0 Å². The lowest BCUT2D eigenvalue weighted by Gasteiger charge is -2.35. The average molecular weight is 374 g/mol. The van der Waals surface area contributed by atoms with Crippen molar-refractivity contribution in [2.24, 2.45) is 0 Å². The standard InChI is InChI=1S/C20H20F2N2O3/c1-12-9-23(10-13(2)27-12)20(25)18-8-19-17(5-6-26-19)24(18)11-14-3-4-15(21)16(22)7-14/h3-8,12-13H,9-11H2,1-2H3. The molecule has 142 valence electrons. The van der Waals surface area contributed by atoms with Crippen molar-refractivity contribution >= 4 is 17.0 Å². The summed E-state index contributed by atoms with van der Waals surface area (Å²) in [6.45, 7) is 5.10. The lowest BCUT2D eigenvalue weighted by molar-refractivity contribution is -0.0588. The largest absolute Gasteiger partial charge is 0.463 e. The summed E-state index contributed by atoms with van der Waals surface area (Å²) in [6.07, 6.45) is 1.45. The maximum atomic E-state index is 13.6. The molecule has 0 saturated carbocycles. The zero-order valence-corrected chi connectivity index (χ0v) is 15.1. The van der Waals surface area contributed by atoms with Gasteiger partial charge in [0.05, 0.1) is 24.0 Å². The number of furan rings is 1. The van der Waals surface area contributed by atoms with Gasteiger partial charge in [-0.05, 0) is 31.5 Å². The molecule has 27 heavy (non-hydrogen) atoms. The van der Waals surface area contributed by atoms with Crippen LogP contribution in [0.25, 0.3) is 11.1 Å². The fourth-order valence-corrected chi connectivity index (χ4v) is 3.65. The minimum Gasteiger partial charge on any atom is -0.463 e. The van der Waals surface area contributed by atoms with Gasteiger partial charge < -0.3 is 18.6 Å². The van der Waals surface area contributed by atoms with Crippen molar-refractivity contribution in [2.45, 2.75) is 32.6 Å². The lowest BCUT2D eigenvalue weighted by atomic mass is 10.2. The summed E-state index contributed by atoms with van der Waals surface area (Å²) >= 11 is 0. The summed E-state index contributed by atoms with van der Waals surface area (Å²) in [5, 5.41) is 0. The average Bonchev–Trinajstić information content (AvgIpc) is 3.19. The first-order valence-electron chi connectivity index (χ1n) is 8.87. The van der Waals surface area contributed by atoms with Crippen molar-refractivity contribution in [3.05, 3.63) is 59.5 Å². The second-order valence-electron chi connectivity index (χ2n) is 7.00. The van der Waals surface area contributed by atoms with E-state index >= 15 is 0 Å². The number of hydrogen-bond donors (Lipinski definition) is 0. The predicted molar refractivity (Wildman–Crippen MR) is 95.6 cm³/mol. The molecule has 7 heteroatoms. The van der Waals surface area contributed by atoms with Crippen LogP contribution in [0.5, 0.6) is 0 Å². The van der Waals surface area contributed by atoms with E-state index in [1.165, 1.54) is 6.07 Å². The van der Waals surface area contributed by atoms with Crippen molar-refractivity contribution in [3.63, 3.8) is 0 Å². The number of nitrogens with zero attached hydrogens (tertiary/aromatic N) is 2. The second kappa shape index (κ2) is 6.81. The van der Waals surface area contributed by atoms with Crippen LogP contribution in [0.3, 0.4) is 0 Å². The van der Waals surface area contributed by atoms with Crippen LogP contribution in [0.15, 0.2) is 41.0 Å². The number of fused-ring (bicyclic) bond motifs is 1. The van der Waals surface area contributed by atoms with Gasteiger partial charge in [-0.1, -0.05) is 6.07 Å². The molecule has 4 rings (SSSR count). The van der Waals surface area contributed by atoms with Crippen molar-refractivity contribution in [3.8, 4) is 0 Å². The van der Waals surface area contributed by atoms with E-state index in [-0.39, 0.29) is 24.7 Å². The molecule has 0 N–H and O–H groups in total. The van der Waals surface area contributed by atoms with E-state index in [0.717, 1.165) is 17.6 Å². The van der Waals surface area contributed by atoms with Crippen LogP contribution in [-0.2, 0) is 11.3 Å². The van der Waals surface area contributed by atoms with Crippen LogP contribution < -0.4 is 0 Å². The number of ether oxygens (including phenoxy) is 1. The summed E-state index contributed by atoms with van der Waals surface area (Å²) in [7, 11) is 0. The van der Waals surface area contributed by atoms with E-state index in [1.54, 1.807) is 27.9 Å². The van der Waals surface area contributed by atoms with Crippen molar-refractivity contribution in [2.75, 3.05) is 13.1 Å². The Hall–Kier alpha value is -2.67. The third-order valence-electron chi connectivity index (χ3n) is 4.77. The topological polar surface area (TPSA) is 47.6 Å². The molecule has 3 heterocycles. The highest BCUT2D eigenvalue weighted by Crippen LogP contribution is 2.25. The molecule has 5 nitrogen and oxygen atoms in total. The molecule has 1 aromatic carbocycles. The van der Waals surface area contributed by atoms with E-state index in [1.807, 2.05) is 13.8 Å². The highest BCUT2D eigenvalue weighted by Gasteiger charge is 2.29. The van der Waals surface area contributed by atoms with Gasteiger partial charge in [0.25, 0.3) is 5.91 Å². The van der Waals surface area contributed by atoms with Crippen LogP contribution in [0, 0.1) is 11.6 Å². The van der Waals surface area contributed by atoms with Gasteiger partial charge in [0.15, 0.2) is 17.2 Å². The number of carbonyl (C=O) groups is 1. The Morgan fingerprint density at radius 1 is 1.11 bits per heavy atom. The van der Waals surface area contributed by atoms with Crippen molar-refractivity contribution < 1.29 is 22.7 Å². The molecule has 2 unspecified atom stereocenters. The fraction of sp³-hybridized carbons (Fsp3) is 0.350. The first-order valence-corrected chi connectivity index (χ1v) is 8.87. The van der Waals surface area contributed by atoms with E-state index in [0.29, 0.717) is 29.9 Å². The molecular formula is C20H20F2N2O3. The summed E-state index contributed by atoms with van der Waals surface area (Å²) in [5.74, 6) is -1.94. The number of aromatic nitrogens is 1. The molecular weight excluding hydrogens is 354 g/mol. The first-order chi connectivity index (χ1) is 12.9. The Morgan fingerprint density at radius 2 is 1.85 bits per heavy atom. The lowest BCUT2D eigenvalue weighted by Crippen LogP contribution is -2.48. The minimum absolute atomic E-state index is 0.0460. The summed E-state index contributed by atoms with van der Waals surface area (Å²) < 4.78 is 39.8. The Bertz CT molecular complexity index is 984. The molecule has 1 fully saturated rings. The number of morpholine rings is 1. The summed E-state index contributed by atoms with van der Waals surface area (Å²) in [5.41, 5.74) is 2.33. The minimum atomic E-state index is -0.910. The van der Waals surface area contributed by atoms with Crippen molar-refractivity contribution in [1.29, 1.82) is 0 Å². The van der Waals surface area contributed by atoms with Crippen LogP contribution in [-0.4, -0.2) is 40.7 Å². The SMILES string of the molecule is CC1CN(C(=O)c2cc3occc3n2Cc2ccc(F)c(F)c2)CC(C)O1. The Kier molecular flexibility index (Phi) is 4.47. The number of hydrogen-bond acceptors (Lipinski definition) is 3. The van der Waals surface area contributed by atoms with Crippen LogP contribution in [0.1, 0.15) is 29.9 Å². The molecule has 0 bridgehead atoms. The number of rotatable bonds is 3. The van der Waals surface area contributed by atoms with Gasteiger partial charge in [-0.2, -0.15) is 0 Å². The molecule has 0 radical (unpaired) electrons. The number of amides is 1. The van der Waals surface area contributed by atoms with Crippen LogP contribution in [0.4, 0.5) is 8.78 Å². The molecule has 3 aromatic rings.